The van der Waals surface area contributed by atoms with Gasteiger partial charge in [-0.05, 0) is 72.5 Å². The molecule has 3 aromatic carbocycles. The predicted octanol–water partition coefficient (Wildman–Crippen LogP) is 6.81. The van der Waals surface area contributed by atoms with Crippen molar-refractivity contribution in [1.82, 2.24) is 0 Å². The molecule has 1 unspecified atom stereocenters. The second kappa shape index (κ2) is 10.3. The summed E-state index contributed by atoms with van der Waals surface area (Å²) in [6.45, 7) is 6.22. The number of aryl methyl sites for hydroxylation is 1. The van der Waals surface area contributed by atoms with Crippen LogP contribution in [0.4, 0.5) is 23.2 Å². The highest BCUT2D eigenvalue weighted by Gasteiger charge is 2.47. The number of Topliss-reactive ketones (excluding diaryl/α,β-unsaturated/α-hetero) is 1. The number of amides is 1. The van der Waals surface area contributed by atoms with Gasteiger partial charge in [0.25, 0.3) is 11.7 Å². The van der Waals surface area contributed by atoms with E-state index in [1.807, 2.05) is 13.8 Å². The van der Waals surface area contributed by atoms with Crippen molar-refractivity contribution < 1.29 is 37.0 Å². The van der Waals surface area contributed by atoms with Gasteiger partial charge in [-0.3, -0.25) is 14.5 Å². The molecule has 0 spiro atoms. The van der Waals surface area contributed by atoms with Gasteiger partial charge in [-0.25, -0.2) is 4.39 Å². The van der Waals surface area contributed by atoms with Crippen LogP contribution in [0.5, 0.6) is 5.75 Å². The van der Waals surface area contributed by atoms with E-state index in [-0.39, 0.29) is 28.3 Å². The van der Waals surface area contributed by atoms with Gasteiger partial charge in [-0.2, -0.15) is 13.2 Å². The SMILES string of the molecule is Cc1cc(/C(O)=C2\C(=O)C(=O)N(c3cccc(C(F)(F)F)c3)C2c2ccc(F)cc2)ccc1OCC(C)C. The van der Waals surface area contributed by atoms with Gasteiger partial charge in [0, 0.05) is 11.3 Å². The first kappa shape index (κ1) is 26.9. The number of ether oxygens (including phenoxy) is 1. The van der Waals surface area contributed by atoms with Crippen molar-refractivity contribution in [1.29, 1.82) is 0 Å². The number of halogens is 4. The zero-order valence-corrected chi connectivity index (χ0v) is 20.8. The molecule has 0 aromatic heterocycles. The number of ketones is 1. The number of aliphatic hydroxyl groups excluding tert-OH is 1. The van der Waals surface area contributed by atoms with Crippen molar-refractivity contribution in [2.75, 3.05) is 11.5 Å². The fourth-order valence-electron chi connectivity index (χ4n) is 4.26. The molecule has 0 saturated carbocycles. The average Bonchev–Trinajstić information content (AvgIpc) is 3.13. The van der Waals surface area contributed by atoms with Gasteiger partial charge in [-0.1, -0.05) is 32.0 Å². The smallest absolute Gasteiger partial charge is 0.416 e. The fourth-order valence-corrected chi connectivity index (χ4v) is 4.26. The highest BCUT2D eigenvalue weighted by atomic mass is 19.4. The van der Waals surface area contributed by atoms with Crippen LogP contribution in [-0.2, 0) is 15.8 Å². The van der Waals surface area contributed by atoms with Gasteiger partial charge in [-0.15, -0.1) is 0 Å². The normalized spacial score (nSPS) is 17.4. The number of anilines is 1. The maximum absolute atomic E-state index is 13.7. The Balaban J connectivity index is 1.87. The molecule has 5 nitrogen and oxygen atoms in total. The summed E-state index contributed by atoms with van der Waals surface area (Å²) in [6.07, 6.45) is -4.69. The molecule has 9 heteroatoms. The minimum Gasteiger partial charge on any atom is -0.507 e. The van der Waals surface area contributed by atoms with Crippen LogP contribution in [0.2, 0.25) is 0 Å². The molecule has 1 saturated heterocycles. The number of carbonyl (C=O) groups is 2. The summed E-state index contributed by atoms with van der Waals surface area (Å²) in [7, 11) is 0. The summed E-state index contributed by atoms with van der Waals surface area (Å²) < 4.78 is 59.7. The second-order valence-electron chi connectivity index (χ2n) is 9.45. The topological polar surface area (TPSA) is 66.8 Å². The van der Waals surface area contributed by atoms with E-state index in [0.717, 1.165) is 35.2 Å². The Bertz CT molecular complexity index is 1410. The number of rotatable bonds is 6. The van der Waals surface area contributed by atoms with E-state index in [2.05, 4.69) is 0 Å². The first-order valence-electron chi connectivity index (χ1n) is 11.9. The molecule has 3 aromatic rings. The second-order valence-corrected chi connectivity index (χ2v) is 9.45. The van der Waals surface area contributed by atoms with Gasteiger partial charge in [0.05, 0.1) is 23.8 Å². The van der Waals surface area contributed by atoms with Crippen molar-refractivity contribution >= 4 is 23.1 Å². The van der Waals surface area contributed by atoms with E-state index in [4.69, 9.17) is 4.74 Å². The molecule has 1 heterocycles. The number of carbonyl (C=O) groups excluding carboxylic acids is 2. The van der Waals surface area contributed by atoms with Crippen LogP contribution in [-0.4, -0.2) is 23.4 Å². The number of hydrogen-bond donors (Lipinski definition) is 1. The third kappa shape index (κ3) is 5.27. The van der Waals surface area contributed by atoms with E-state index in [1.54, 1.807) is 19.1 Å². The zero-order chi connectivity index (χ0) is 27.8. The maximum Gasteiger partial charge on any atom is 0.416 e. The average molecular weight is 528 g/mol. The van der Waals surface area contributed by atoms with Crippen molar-refractivity contribution in [2.45, 2.75) is 33.0 Å². The minimum atomic E-state index is -4.69. The Morgan fingerprint density at radius 1 is 1.03 bits per heavy atom. The van der Waals surface area contributed by atoms with Crippen LogP contribution in [0.25, 0.3) is 5.76 Å². The molecule has 1 amide bonds. The monoisotopic (exact) mass is 527 g/mol. The summed E-state index contributed by atoms with van der Waals surface area (Å²) in [5.41, 5.74) is -0.410. The van der Waals surface area contributed by atoms with Crippen molar-refractivity contribution in [2.24, 2.45) is 5.92 Å². The lowest BCUT2D eigenvalue weighted by atomic mass is 9.94. The van der Waals surface area contributed by atoms with Gasteiger partial charge < -0.3 is 9.84 Å². The van der Waals surface area contributed by atoms with Crippen LogP contribution >= 0.6 is 0 Å². The van der Waals surface area contributed by atoms with Crippen molar-refractivity contribution in [3.8, 4) is 5.75 Å². The van der Waals surface area contributed by atoms with Crippen molar-refractivity contribution in [3.63, 3.8) is 0 Å². The Morgan fingerprint density at radius 3 is 2.32 bits per heavy atom. The largest absolute Gasteiger partial charge is 0.507 e. The molecule has 1 atom stereocenters. The van der Waals surface area contributed by atoms with Crippen LogP contribution in [0.1, 0.15) is 42.1 Å². The molecule has 1 aliphatic heterocycles. The number of hydrogen-bond acceptors (Lipinski definition) is 4. The van der Waals surface area contributed by atoms with E-state index >= 15 is 0 Å². The Kier molecular flexibility index (Phi) is 7.31. The molecule has 1 fully saturated rings. The third-order valence-corrected chi connectivity index (χ3v) is 6.10. The van der Waals surface area contributed by atoms with Gasteiger partial charge in [0.2, 0.25) is 0 Å². The maximum atomic E-state index is 13.7. The predicted molar refractivity (Wildman–Crippen MR) is 134 cm³/mol. The van der Waals surface area contributed by atoms with E-state index in [1.165, 1.54) is 24.3 Å². The summed E-state index contributed by atoms with van der Waals surface area (Å²) in [6, 6.07) is 12.3. The fraction of sp³-hybridized carbons (Fsp3) is 0.241. The third-order valence-electron chi connectivity index (χ3n) is 6.10. The minimum absolute atomic E-state index is 0.191. The molecule has 4 rings (SSSR count). The van der Waals surface area contributed by atoms with E-state index in [0.29, 0.717) is 17.9 Å². The van der Waals surface area contributed by atoms with Crippen LogP contribution < -0.4 is 9.64 Å². The highest BCUT2D eigenvalue weighted by molar-refractivity contribution is 6.51. The number of benzene rings is 3. The number of nitrogens with zero attached hydrogens (tertiary/aromatic N) is 1. The van der Waals surface area contributed by atoms with Crippen LogP contribution in [0, 0.1) is 18.7 Å². The van der Waals surface area contributed by atoms with Gasteiger partial charge in [0.1, 0.15) is 17.3 Å². The molecule has 38 heavy (non-hydrogen) atoms. The first-order chi connectivity index (χ1) is 17.9. The van der Waals surface area contributed by atoms with Gasteiger partial charge in [0.15, 0.2) is 0 Å². The molecule has 1 N–H and O–H groups in total. The Morgan fingerprint density at radius 2 is 1.71 bits per heavy atom. The summed E-state index contributed by atoms with van der Waals surface area (Å²) >= 11 is 0. The standard InChI is InChI=1S/C29H25F4NO4/c1-16(2)15-38-23-12-9-19(13-17(23)3)26(35)24-25(18-7-10-21(30)11-8-18)34(28(37)27(24)36)22-6-4-5-20(14-22)29(31,32)33/h4-14,16,25,35H,15H2,1-3H3/b26-24+. The lowest BCUT2D eigenvalue weighted by Gasteiger charge is -2.26. The highest BCUT2D eigenvalue weighted by Crippen LogP contribution is 2.43. The molecule has 0 bridgehead atoms. The van der Waals surface area contributed by atoms with E-state index < -0.39 is 41.0 Å². The summed E-state index contributed by atoms with van der Waals surface area (Å²) in [5, 5.41) is 11.3. The van der Waals surface area contributed by atoms with Crippen molar-refractivity contribution in [3.05, 3.63) is 100 Å². The molecule has 1 aliphatic rings. The molecular weight excluding hydrogens is 502 g/mol. The quantitative estimate of drug-likeness (QED) is 0.165. The molecular formula is C29H25F4NO4. The molecule has 0 aliphatic carbocycles. The van der Waals surface area contributed by atoms with E-state index in [9.17, 15) is 32.3 Å². The number of alkyl halides is 3. The van der Waals surface area contributed by atoms with Crippen LogP contribution in [0.3, 0.4) is 0 Å². The summed E-state index contributed by atoms with van der Waals surface area (Å²) in [5.74, 6) is -2.43. The lowest BCUT2D eigenvalue weighted by molar-refractivity contribution is -0.137. The Hall–Kier alpha value is -4.14. The van der Waals surface area contributed by atoms with Gasteiger partial charge >= 0.3 is 6.18 Å². The zero-order valence-electron chi connectivity index (χ0n) is 20.8. The van der Waals surface area contributed by atoms with Crippen LogP contribution in [0.15, 0.2) is 72.3 Å². The first-order valence-corrected chi connectivity index (χ1v) is 11.9. The lowest BCUT2D eigenvalue weighted by Crippen LogP contribution is -2.29. The number of aliphatic hydroxyl groups is 1. The molecule has 198 valence electrons. The molecule has 0 radical (unpaired) electrons. The summed E-state index contributed by atoms with van der Waals surface area (Å²) in [4.78, 5) is 27.3. The Labute approximate surface area is 217 Å².